The van der Waals surface area contributed by atoms with Crippen LogP contribution in [0.2, 0.25) is 0 Å². The summed E-state index contributed by atoms with van der Waals surface area (Å²) in [5.74, 6) is -0.588. The second-order valence-corrected chi connectivity index (χ2v) is 6.76. The average Bonchev–Trinajstić information content (AvgIpc) is 2.68. The van der Waals surface area contributed by atoms with Crippen molar-refractivity contribution in [3.8, 4) is 0 Å². The number of carbonyl (C=O) groups excluding carboxylic acids is 1. The van der Waals surface area contributed by atoms with Crippen molar-refractivity contribution in [2.24, 2.45) is 4.99 Å². The first kappa shape index (κ1) is 18.5. The van der Waals surface area contributed by atoms with Crippen molar-refractivity contribution in [1.82, 2.24) is 5.32 Å². The van der Waals surface area contributed by atoms with Crippen LogP contribution < -0.4 is 5.32 Å². The van der Waals surface area contributed by atoms with E-state index in [-0.39, 0.29) is 24.8 Å². The van der Waals surface area contributed by atoms with Crippen LogP contribution in [0.15, 0.2) is 71.7 Å². The van der Waals surface area contributed by atoms with Crippen molar-refractivity contribution in [2.45, 2.75) is 18.8 Å². The van der Waals surface area contributed by atoms with Gasteiger partial charge in [-0.1, -0.05) is 42.5 Å². The summed E-state index contributed by atoms with van der Waals surface area (Å²) in [6.45, 7) is 0.767. The monoisotopic (exact) mass is 416 g/mol. The number of hydrogen-bond acceptors (Lipinski definition) is 3. The minimum Gasteiger partial charge on any atom is -0.354 e. The normalized spacial score (nSPS) is 19.1. The highest BCUT2D eigenvalue weighted by Gasteiger charge is 2.38. The van der Waals surface area contributed by atoms with Crippen LogP contribution in [0, 0.1) is 5.82 Å². The molecule has 1 atom stereocenters. The fourth-order valence-electron chi connectivity index (χ4n) is 2.53. The summed E-state index contributed by atoms with van der Waals surface area (Å²) >= 11 is 3.31. The molecule has 1 aliphatic rings. The van der Waals surface area contributed by atoms with Crippen molar-refractivity contribution >= 4 is 26.5 Å². The van der Waals surface area contributed by atoms with E-state index < -0.39 is 5.60 Å². The Morgan fingerprint density at radius 3 is 2.54 bits per heavy atom. The Labute approximate surface area is 159 Å². The van der Waals surface area contributed by atoms with Crippen molar-refractivity contribution in [3.05, 3.63) is 83.7 Å². The summed E-state index contributed by atoms with van der Waals surface area (Å²) in [5.41, 5.74) is 0.607. The molecule has 134 valence electrons. The van der Waals surface area contributed by atoms with Gasteiger partial charge in [0.2, 0.25) is 0 Å². The molecule has 0 bridgehead atoms. The molecule has 26 heavy (non-hydrogen) atoms. The number of ether oxygens (including phenoxy) is 1. The molecule has 2 aromatic carbocycles. The molecular weight excluding hydrogens is 399 g/mol. The maximum atomic E-state index is 13.0. The van der Waals surface area contributed by atoms with Crippen molar-refractivity contribution in [3.63, 3.8) is 0 Å². The molecule has 2 aromatic rings. The molecule has 0 saturated carbocycles. The third-order valence-electron chi connectivity index (χ3n) is 4.04. The molecule has 3 rings (SSSR count). The zero-order valence-electron chi connectivity index (χ0n) is 14.0. The molecule has 1 N–H and O–H groups in total. The van der Waals surface area contributed by atoms with Crippen molar-refractivity contribution < 1.29 is 13.9 Å². The van der Waals surface area contributed by atoms with Gasteiger partial charge in [0.1, 0.15) is 5.82 Å². The molecule has 0 radical (unpaired) electrons. The van der Waals surface area contributed by atoms with Gasteiger partial charge in [-0.15, -0.1) is 0 Å². The Bertz CT molecular complexity index is 821. The Morgan fingerprint density at radius 2 is 1.88 bits per heavy atom. The van der Waals surface area contributed by atoms with E-state index in [4.69, 9.17) is 4.74 Å². The van der Waals surface area contributed by atoms with Gasteiger partial charge in [0, 0.05) is 6.54 Å². The van der Waals surface area contributed by atoms with Gasteiger partial charge in [-0.2, -0.15) is 0 Å². The van der Waals surface area contributed by atoms with Crippen LogP contribution in [0.1, 0.15) is 11.1 Å². The lowest BCUT2D eigenvalue weighted by Crippen LogP contribution is -2.50. The second-order valence-electron chi connectivity index (χ2n) is 5.95. The second kappa shape index (κ2) is 8.38. The summed E-state index contributed by atoms with van der Waals surface area (Å²) < 4.78 is 19.7. The van der Waals surface area contributed by atoms with Gasteiger partial charge in [0.15, 0.2) is 5.60 Å². The van der Waals surface area contributed by atoms with Crippen molar-refractivity contribution in [1.29, 1.82) is 0 Å². The minimum atomic E-state index is -1.17. The van der Waals surface area contributed by atoms with E-state index in [0.717, 1.165) is 11.1 Å². The summed E-state index contributed by atoms with van der Waals surface area (Å²) in [5, 5.41) is 2.86. The Kier molecular flexibility index (Phi) is 5.96. The fourth-order valence-corrected chi connectivity index (χ4v) is 2.79. The van der Waals surface area contributed by atoms with Crippen LogP contribution in [0.25, 0.3) is 0 Å². The van der Waals surface area contributed by atoms with E-state index in [1.165, 1.54) is 12.1 Å². The number of rotatable bonds is 6. The van der Waals surface area contributed by atoms with Gasteiger partial charge in [-0.05, 0) is 51.3 Å². The number of allylic oxidation sites excluding steroid dienone is 1. The van der Waals surface area contributed by atoms with Gasteiger partial charge >= 0.3 is 0 Å². The predicted octanol–water partition coefficient (Wildman–Crippen LogP) is 3.76. The number of nitrogens with zero attached hydrogens (tertiary/aromatic N) is 1. The van der Waals surface area contributed by atoms with E-state index in [1.807, 2.05) is 30.3 Å². The highest BCUT2D eigenvalue weighted by atomic mass is 79.9. The van der Waals surface area contributed by atoms with Crippen LogP contribution in [0.5, 0.6) is 0 Å². The Hall–Kier alpha value is -2.31. The van der Waals surface area contributed by atoms with Crippen LogP contribution in [-0.2, 0) is 22.7 Å². The van der Waals surface area contributed by atoms with E-state index in [1.54, 1.807) is 24.3 Å². The molecule has 1 heterocycles. The highest BCUT2D eigenvalue weighted by Crippen LogP contribution is 2.22. The number of amides is 1. The minimum absolute atomic E-state index is 0.187. The molecule has 1 amide bonds. The topological polar surface area (TPSA) is 50.7 Å². The number of aliphatic imine (C=N–C) groups is 1. The fraction of sp³-hybridized carbons (Fsp3) is 0.200. The predicted molar refractivity (Wildman–Crippen MR) is 103 cm³/mol. The van der Waals surface area contributed by atoms with Gasteiger partial charge in [0.05, 0.1) is 17.8 Å². The average molecular weight is 417 g/mol. The van der Waals surface area contributed by atoms with Gasteiger partial charge < -0.3 is 10.1 Å². The molecular formula is C20H18BrFN2O2. The maximum Gasteiger partial charge on any atom is 0.258 e. The lowest BCUT2D eigenvalue weighted by molar-refractivity contribution is -0.141. The molecule has 0 fully saturated rings. The highest BCUT2D eigenvalue weighted by molar-refractivity contribution is 9.18. The van der Waals surface area contributed by atoms with Crippen LogP contribution >= 0.6 is 15.9 Å². The maximum absolute atomic E-state index is 13.0. The van der Waals surface area contributed by atoms with Crippen molar-refractivity contribution in [2.75, 3.05) is 6.54 Å². The number of halogens is 2. The Morgan fingerprint density at radius 1 is 1.15 bits per heavy atom. The number of dihydropyridines is 1. The molecule has 0 saturated heterocycles. The SMILES string of the molecule is O=C(NCc1ccc(F)cc1)C1(OCc2ccccc2)C=CC(Br)=NC1. The zero-order valence-corrected chi connectivity index (χ0v) is 15.6. The van der Waals surface area contributed by atoms with Gasteiger partial charge in [-0.3, -0.25) is 9.79 Å². The third kappa shape index (κ3) is 4.65. The number of nitrogens with one attached hydrogen (secondary N) is 1. The first-order valence-electron chi connectivity index (χ1n) is 8.17. The zero-order chi connectivity index (χ0) is 18.4. The van der Waals surface area contributed by atoms with E-state index >= 15 is 0 Å². The van der Waals surface area contributed by atoms with Crippen LogP contribution in [0.4, 0.5) is 4.39 Å². The van der Waals surface area contributed by atoms with E-state index in [9.17, 15) is 9.18 Å². The quantitative estimate of drug-likeness (QED) is 0.779. The van der Waals surface area contributed by atoms with Crippen LogP contribution in [-0.4, -0.2) is 22.7 Å². The van der Waals surface area contributed by atoms with E-state index in [0.29, 0.717) is 11.2 Å². The van der Waals surface area contributed by atoms with Gasteiger partial charge in [-0.25, -0.2) is 4.39 Å². The molecule has 6 heteroatoms. The third-order valence-corrected chi connectivity index (χ3v) is 4.56. The summed E-state index contributed by atoms with van der Waals surface area (Å²) in [7, 11) is 0. The molecule has 0 spiro atoms. The molecule has 0 aliphatic carbocycles. The first-order valence-corrected chi connectivity index (χ1v) is 8.96. The lowest BCUT2D eigenvalue weighted by atomic mass is 10.00. The van der Waals surface area contributed by atoms with Crippen LogP contribution in [0.3, 0.4) is 0 Å². The summed E-state index contributed by atoms with van der Waals surface area (Å²) in [6, 6.07) is 15.7. The number of benzene rings is 2. The number of hydrogen-bond donors (Lipinski definition) is 1. The van der Waals surface area contributed by atoms with E-state index in [2.05, 4.69) is 26.2 Å². The molecule has 4 nitrogen and oxygen atoms in total. The lowest BCUT2D eigenvalue weighted by Gasteiger charge is -2.30. The summed E-state index contributed by atoms with van der Waals surface area (Å²) in [4.78, 5) is 17.1. The first-order chi connectivity index (χ1) is 12.6. The smallest absolute Gasteiger partial charge is 0.258 e. The molecule has 0 aromatic heterocycles. The van der Waals surface area contributed by atoms with Gasteiger partial charge in [0.25, 0.3) is 5.91 Å². The molecule has 1 unspecified atom stereocenters. The number of carbonyl (C=O) groups is 1. The molecule has 1 aliphatic heterocycles. The summed E-state index contributed by atoms with van der Waals surface area (Å²) in [6.07, 6.45) is 3.43. The largest absolute Gasteiger partial charge is 0.354 e. The standard InChI is InChI=1S/C20H18BrFN2O2/c21-18-10-11-20(14-24-18,26-13-16-4-2-1-3-5-16)19(25)23-12-15-6-8-17(22)9-7-15/h1-11H,12-14H2,(H,23,25). The Balaban J connectivity index is 1.69.